The van der Waals surface area contributed by atoms with E-state index in [4.69, 9.17) is 37.9 Å². The van der Waals surface area contributed by atoms with Gasteiger partial charge in [-0.3, -0.25) is 33.6 Å². The van der Waals surface area contributed by atoms with Crippen LogP contribution in [0.15, 0.2) is 23.8 Å². The van der Waals surface area contributed by atoms with Gasteiger partial charge in [-0.05, 0) is 51.5 Å². The minimum absolute atomic E-state index is 0.246. The highest BCUT2D eigenvalue weighted by atomic mass is 16.7. The van der Waals surface area contributed by atoms with Crippen molar-refractivity contribution in [2.45, 2.75) is 278 Å². The van der Waals surface area contributed by atoms with E-state index in [2.05, 4.69) is 32.2 Å². The Morgan fingerprint density at radius 2 is 1.00 bits per heavy atom. The molecule has 0 unspecified atom stereocenters. The van der Waals surface area contributed by atoms with Gasteiger partial charge < -0.3 is 43.2 Å². The fourth-order valence-corrected chi connectivity index (χ4v) is 8.73. The molecule has 0 aromatic carbocycles. The van der Waals surface area contributed by atoms with E-state index in [-0.39, 0.29) is 6.42 Å². The Balaban J connectivity index is 3.35. The van der Waals surface area contributed by atoms with Crippen LogP contribution < -0.4 is 5.32 Å². The number of esters is 6. The minimum Gasteiger partial charge on any atom is -0.463 e. The molecule has 0 spiro atoms. The van der Waals surface area contributed by atoms with Crippen molar-refractivity contribution in [3.8, 4) is 0 Å². The number of amides is 1. The van der Waals surface area contributed by atoms with Gasteiger partial charge in [-0.15, -0.1) is 0 Å². The van der Waals surface area contributed by atoms with Gasteiger partial charge in [0.25, 0.3) is 5.91 Å². The van der Waals surface area contributed by atoms with E-state index < -0.39 is 104 Å². The summed E-state index contributed by atoms with van der Waals surface area (Å²) < 4.78 is 45.7. The van der Waals surface area contributed by atoms with Gasteiger partial charge in [-0.2, -0.15) is 0 Å². The van der Waals surface area contributed by atoms with E-state index in [1.807, 2.05) is 6.08 Å². The molecule has 1 N–H and O–H groups in total. The van der Waals surface area contributed by atoms with Crippen molar-refractivity contribution in [1.82, 2.24) is 5.32 Å². The topological polar surface area (TPSA) is 205 Å². The van der Waals surface area contributed by atoms with Crippen molar-refractivity contribution in [1.29, 1.82) is 0 Å². The third-order valence-corrected chi connectivity index (χ3v) is 12.4. The molecule has 1 amide bonds. The van der Waals surface area contributed by atoms with Gasteiger partial charge in [0.05, 0.1) is 12.6 Å². The van der Waals surface area contributed by atoms with Crippen LogP contribution in [0.3, 0.4) is 0 Å². The summed E-state index contributed by atoms with van der Waals surface area (Å²) in [5.41, 5.74) is 1.29. The van der Waals surface area contributed by atoms with E-state index >= 15 is 0 Å². The Bertz CT molecular complexity index is 1610. The van der Waals surface area contributed by atoms with Gasteiger partial charge in [0.15, 0.2) is 30.7 Å². The number of hydrogen-bond acceptors (Lipinski definition) is 15. The Kier molecular flexibility index (Phi) is 37.5. The molecule has 414 valence electrons. The number of ether oxygens (including phenoxy) is 8. The Morgan fingerprint density at radius 1 is 0.528 bits per heavy atom. The summed E-state index contributed by atoms with van der Waals surface area (Å²) in [4.78, 5) is 88.5. The van der Waals surface area contributed by atoms with Crippen LogP contribution in [0, 0.1) is 0 Å². The molecular formula is C56H95NO15. The van der Waals surface area contributed by atoms with Gasteiger partial charge in [0.2, 0.25) is 0 Å². The number of nitrogens with one attached hydrogen (secondary N) is 1. The average molecular weight is 1020 g/mol. The van der Waals surface area contributed by atoms with Crippen molar-refractivity contribution < 1.29 is 71.5 Å². The standard InChI is InChI=1S/C56H95NO15/c1-10-12-14-16-18-19-20-21-22-23-24-25-27-29-33-38-50(68-44(6)60)55(64)57-48(49(67-43(5)59)37-34-30-32-36-41(3)35-31-28-26-17-15-13-11-2)39-66-56-54(71-47(9)63)53(70-46(8)62)52(69-45(7)61)51(72-56)40-65-42(4)58/h34,36-37,48-54,56H,10-33,35,38-40H2,1-9H3,(H,57,64)/b37-34+,41-36+/t48-,49+,50+,51+,52+,53-,54+,56+/m0/s1. The maximum Gasteiger partial charge on any atom is 0.303 e. The van der Waals surface area contributed by atoms with Gasteiger partial charge in [-0.1, -0.05) is 160 Å². The maximum absolute atomic E-state index is 14.2. The Hall–Kier alpha value is -4.31. The molecule has 1 aliphatic rings. The summed E-state index contributed by atoms with van der Waals surface area (Å²) >= 11 is 0. The summed E-state index contributed by atoms with van der Waals surface area (Å²) in [5.74, 6) is -5.08. The highest BCUT2D eigenvalue weighted by molar-refractivity contribution is 5.83. The third kappa shape index (κ3) is 32.7. The molecule has 16 nitrogen and oxygen atoms in total. The first kappa shape index (κ1) is 65.7. The molecule has 0 aliphatic carbocycles. The lowest BCUT2D eigenvalue weighted by Crippen LogP contribution is -2.63. The molecule has 0 saturated carbocycles. The fourth-order valence-electron chi connectivity index (χ4n) is 8.73. The number of hydrogen-bond donors (Lipinski definition) is 1. The summed E-state index contributed by atoms with van der Waals surface area (Å²) in [6.45, 7) is 12.6. The number of carbonyl (C=O) groups is 7. The number of allylic oxidation sites excluding steroid dienone is 3. The van der Waals surface area contributed by atoms with Crippen LogP contribution in [0.25, 0.3) is 0 Å². The van der Waals surface area contributed by atoms with E-state index in [1.165, 1.54) is 122 Å². The lowest BCUT2D eigenvalue weighted by Gasteiger charge is -2.44. The molecule has 72 heavy (non-hydrogen) atoms. The SMILES string of the molecule is CCCCCCCCCCCCCCCCC[C@@H](OC(C)=O)C(=O)N[C@@H](CO[C@@H]1O[C@H](COC(C)=O)[C@@H](OC(C)=O)[C@H](OC(C)=O)[C@H]1OC(C)=O)[C@@H](/C=C/CC/C=C(\C)CCCCCCCCC)OC(C)=O. The molecule has 1 heterocycles. The second kappa shape index (κ2) is 41.1. The van der Waals surface area contributed by atoms with E-state index in [9.17, 15) is 33.6 Å². The zero-order valence-corrected chi connectivity index (χ0v) is 45.8. The smallest absolute Gasteiger partial charge is 0.303 e. The monoisotopic (exact) mass is 1020 g/mol. The molecule has 16 heteroatoms. The molecule has 0 bridgehead atoms. The summed E-state index contributed by atoms with van der Waals surface area (Å²) in [5, 5.41) is 2.89. The fraction of sp³-hybridized carbons (Fsp3) is 0.804. The number of carbonyl (C=O) groups excluding carboxylic acids is 7. The lowest BCUT2D eigenvalue weighted by molar-refractivity contribution is -0.309. The number of unbranched alkanes of at least 4 members (excludes halogenated alkanes) is 21. The van der Waals surface area contributed by atoms with Crippen molar-refractivity contribution in [2.75, 3.05) is 13.2 Å². The summed E-state index contributed by atoms with van der Waals surface area (Å²) in [6.07, 6.45) is 24.8. The van der Waals surface area contributed by atoms with E-state index in [1.54, 1.807) is 6.08 Å². The van der Waals surface area contributed by atoms with E-state index in [0.29, 0.717) is 12.8 Å². The van der Waals surface area contributed by atoms with Gasteiger partial charge in [-0.25, -0.2) is 0 Å². The van der Waals surface area contributed by atoms with Crippen LogP contribution >= 0.6 is 0 Å². The molecular weight excluding hydrogens is 927 g/mol. The molecule has 1 saturated heterocycles. The molecule has 0 aromatic heterocycles. The highest BCUT2D eigenvalue weighted by Gasteiger charge is 2.53. The predicted octanol–water partition coefficient (Wildman–Crippen LogP) is 11.1. The number of rotatable bonds is 41. The van der Waals surface area contributed by atoms with Crippen molar-refractivity contribution in [3.63, 3.8) is 0 Å². The zero-order chi connectivity index (χ0) is 53.5. The van der Waals surface area contributed by atoms with Crippen LogP contribution in [0.4, 0.5) is 0 Å². The van der Waals surface area contributed by atoms with Crippen molar-refractivity contribution in [2.24, 2.45) is 0 Å². The largest absolute Gasteiger partial charge is 0.463 e. The van der Waals surface area contributed by atoms with Crippen molar-refractivity contribution >= 4 is 41.7 Å². The lowest BCUT2D eigenvalue weighted by atomic mass is 9.98. The molecule has 0 radical (unpaired) electrons. The van der Waals surface area contributed by atoms with Crippen LogP contribution in [-0.2, 0) is 71.5 Å². The second-order valence-electron chi connectivity index (χ2n) is 19.4. The first-order chi connectivity index (χ1) is 34.5. The zero-order valence-electron chi connectivity index (χ0n) is 45.8. The predicted molar refractivity (Wildman–Crippen MR) is 275 cm³/mol. The van der Waals surface area contributed by atoms with Crippen LogP contribution in [-0.4, -0.2) is 104 Å². The minimum atomic E-state index is -1.58. The molecule has 8 atom stereocenters. The third-order valence-electron chi connectivity index (χ3n) is 12.4. The van der Waals surface area contributed by atoms with Crippen LogP contribution in [0.1, 0.15) is 229 Å². The summed E-state index contributed by atoms with van der Waals surface area (Å²) in [6, 6.07) is -1.15. The van der Waals surface area contributed by atoms with Gasteiger partial charge in [0.1, 0.15) is 18.8 Å². The molecule has 0 aromatic rings. The van der Waals surface area contributed by atoms with Crippen LogP contribution in [0.2, 0.25) is 0 Å². The molecule has 1 fully saturated rings. The summed E-state index contributed by atoms with van der Waals surface area (Å²) in [7, 11) is 0. The average Bonchev–Trinajstić information content (AvgIpc) is 3.30. The maximum atomic E-state index is 14.2. The van der Waals surface area contributed by atoms with Crippen molar-refractivity contribution in [3.05, 3.63) is 23.8 Å². The first-order valence-corrected chi connectivity index (χ1v) is 27.4. The van der Waals surface area contributed by atoms with Gasteiger partial charge in [0, 0.05) is 41.5 Å². The molecule has 1 rings (SSSR count). The first-order valence-electron chi connectivity index (χ1n) is 27.4. The van der Waals surface area contributed by atoms with E-state index in [0.717, 1.165) is 72.6 Å². The Labute approximate surface area is 432 Å². The van der Waals surface area contributed by atoms with Gasteiger partial charge >= 0.3 is 35.8 Å². The quantitative estimate of drug-likeness (QED) is 0.0262. The normalized spacial score (nSPS) is 19.2. The second-order valence-corrected chi connectivity index (χ2v) is 19.4. The highest BCUT2D eigenvalue weighted by Crippen LogP contribution is 2.30. The van der Waals surface area contributed by atoms with Crippen LogP contribution in [0.5, 0.6) is 0 Å². The molecule has 1 aliphatic heterocycles. The Morgan fingerprint density at radius 3 is 1.49 bits per heavy atom.